The summed E-state index contributed by atoms with van der Waals surface area (Å²) in [6, 6.07) is 36.5. The number of ether oxygens (including phenoxy) is 2. The smallest absolute Gasteiger partial charge is 0.408 e. The average Bonchev–Trinajstić information content (AvgIpc) is 3.00. The van der Waals surface area contributed by atoms with Crippen LogP contribution in [-0.4, -0.2) is 39.3 Å². The van der Waals surface area contributed by atoms with Gasteiger partial charge in [0.1, 0.15) is 18.5 Å². The standard InChI is InChI=1S/C34H39NO5Si/c1-34(2,3)41(29-16-10-6-11-17-29,30-18-12-7-13-19-30)40-25-31(36)32(27-20-22-28(38-4)23-21-27)35-33(37)39-24-26-14-8-5-9-15-26/h5-23,31-32,36H,24-25H2,1-4H3,(H,35,37)/t31-,32?/m0/s1. The van der Waals surface area contributed by atoms with Crippen molar-refractivity contribution in [3.8, 4) is 5.75 Å². The van der Waals surface area contributed by atoms with Gasteiger partial charge in [0.15, 0.2) is 0 Å². The molecule has 41 heavy (non-hydrogen) atoms. The fourth-order valence-corrected chi connectivity index (χ4v) is 9.75. The second-order valence-electron chi connectivity index (χ2n) is 11.0. The summed E-state index contributed by atoms with van der Waals surface area (Å²) < 4.78 is 17.8. The van der Waals surface area contributed by atoms with E-state index in [1.165, 1.54) is 0 Å². The lowest BCUT2D eigenvalue weighted by Gasteiger charge is -2.43. The highest BCUT2D eigenvalue weighted by molar-refractivity contribution is 6.99. The van der Waals surface area contributed by atoms with Crippen molar-refractivity contribution in [1.29, 1.82) is 0 Å². The van der Waals surface area contributed by atoms with Crippen molar-refractivity contribution in [1.82, 2.24) is 5.32 Å². The van der Waals surface area contributed by atoms with Crippen molar-refractivity contribution in [3.05, 3.63) is 126 Å². The van der Waals surface area contributed by atoms with E-state index in [9.17, 15) is 9.90 Å². The lowest BCUT2D eigenvalue weighted by Crippen LogP contribution is -2.67. The number of hydrogen-bond donors (Lipinski definition) is 2. The number of benzene rings is 4. The van der Waals surface area contributed by atoms with Crippen molar-refractivity contribution < 1.29 is 23.8 Å². The summed E-state index contributed by atoms with van der Waals surface area (Å²) in [5.41, 5.74) is 1.58. The third-order valence-electron chi connectivity index (χ3n) is 7.23. The van der Waals surface area contributed by atoms with Crippen LogP contribution < -0.4 is 20.4 Å². The van der Waals surface area contributed by atoms with Crippen LogP contribution in [0.5, 0.6) is 5.75 Å². The van der Waals surface area contributed by atoms with Gasteiger partial charge in [-0.2, -0.15) is 0 Å². The molecule has 214 valence electrons. The van der Waals surface area contributed by atoms with Crippen LogP contribution in [0.3, 0.4) is 0 Å². The predicted molar refractivity (Wildman–Crippen MR) is 165 cm³/mol. The highest BCUT2D eigenvalue weighted by Gasteiger charge is 2.50. The molecule has 0 saturated heterocycles. The first kappa shape index (κ1) is 30.1. The molecule has 0 saturated carbocycles. The van der Waals surface area contributed by atoms with Gasteiger partial charge in [-0.15, -0.1) is 0 Å². The molecule has 0 heterocycles. The minimum absolute atomic E-state index is 0.00292. The SMILES string of the molecule is COc1ccc(C(NC(=O)OCc2ccccc2)[C@@H](O)CO[Si](c2ccccc2)(c2ccccc2)C(C)(C)C)cc1. The number of nitrogens with one attached hydrogen (secondary N) is 1. The first-order valence-corrected chi connectivity index (χ1v) is 15.7. The van der Waals surface area contributed by atoms with Crippen LogP contribution in [0.15, 0.2) is 115 Å². The molecular formula is C34H39NO5Si. The van der Waals surface area contributed by atoms with Crippen molar-refractivity contribution >= 4 is 24.8 Å². The molecule has 0 fully saturated rings. The van der Waals surface area contributed by atoms with E-state index < -0.39 is 26.6 Å². The Morgan fingerprint density at radius 1 is 0.805 bits per heavy atom. The molecule has 2 N–H and O–H groups in total. The van der Waals surface area contributed by atoms with Crippen LogP contribution in [0.1, 0.15) is 37.9 Å². The van der Waals surface area contributed by atoms with Gasteiger partial charge in [0, 0.05) is 0 Å². The summed E-state index contributed by atoms with van der Waals surface area (Å²) in [4.78, 5) is 12.9. The van der Waals surface area contributed by atoms with E-state index >= 15 is 0 Å². The number of alkyl carbamates (subject to hydrolysis) is 1. The first-order chi connectivity index (χ1) is 19.7. The lowest BCUT2D eigenvalue weighted by atomic mass is 10.0. The average molecular weight is 570 g/mol. The van der Waals surface area contributed by atoms with Crippen molar-refractivity contribution in [3.63, 3.8) is 0 Å². The van der Waals surface area contributed by atoms with Crippen LogP contribution in [0.4, 0.5) is 4.79 Å². The molecule has 1 unspecified atom stereocenters. The Labute approximate surface area is 244 Å². The third-order valence-corrected chi connectivity index (χ3v) is 12.2. The summed E-state index contributed by atoms with van der Waals surface area (Å²) in [5.74, 6) is 0.678. The number of hydrogen-bond acceptors (Lipinski definition) is 5. The number of methoxy groups -OCH3 is 1. The normalized spacial score (nSPS) is 13.2. The number of carbonyl (C=O) groups is 1. The number of aliphatic hydroxyl groups excluding tert-OH is 1. The molecule has 0 aliphatic rings. The van der Waals surface area contributed by atoms with Crippen LogP contribution in [0, 0.1) is 0 Å². The lowest BCUT2D eigenvalue weighted by molar-refractivity contribution is 0.0623. The Bertz CT molecular complexity index is 1320. The summed E-state index contributed by atoms with van der Waals surface area (Å²) in [6.45, 7) is 6.68. The maximum atomic E-state index is 12.9. The molecule has 0 spiro atoms. The molecule has 0 aliphatic heterocycles. The third kappa shape index (κ3) is 7.24. The summed E-state index contributed by atoms with van der Waals surface area (Å²) >= 11 is 0. The van der Waals surface area contributed by atoms with Gasteiger partial charge in [0.25, 0.3) is 8.32 Å². The van der Waals surface area contributed by atoms with E-state index in [0.29, 0.717) is 11.3 Å². The summed E-state index contributed by atoms with van der Waals surface area (Å²) in [6.07, 6.45) is -1.69. The van der Waals surface area contributed by atoms with Gasteiger partial charge in [-0.3, -0.25) is 0 Å². The van der Waals surface area contributed by atoms with Crippen LogP contribution in [0.25, 0.3) is 0 Å². The Kier molecular flexibility index (Phi) is 9.99. The fourth-order valence-electron chi connectivity index (χ4n) is 5.17. The largest absolute Gasteiger partial charge is 0.497 e. The first-order valence-electron chi connectivity index (χ1n) is 13.8. The van der Waals surface area contributed by atoms with E-state index in [1.807, 2.05) is 78.9 Å². The topological polar surface area (TPSA) is 77.0 Å². The summed E-state index contributed by atoms with van der Waals surface area (Å²) in [7, 11) is -1.30. The molecule has 6 nitrogen and oxygen atoms in total. The maximum absolute atomic E-state index is 12.9. The Morgan fingerprint density at radius 2 is 1.32 bits per heavy atom. The van der Waals surface area contributed by atoms with Crippen LogP contribution in [-0.2, 0) is 15.8 Å². The second-order valence-corrected chi connectivity index (χ2v) is 15.3. The van der Waals surface area contributed by atoms with Gasteiger partial charge in [-0.05, 0) is 38.7 Å². The zero-order valence-corrected chi connectivity index (χ0v) is 25.1. The van der Waals surface area contributed by atoms with Crippen LogP contribution >= 0.6 is 0 Å². The zero-order chi connectivity index (χ0) is 29.3. The van der Waals surface area contributed by atoms with E-state index in [1.54, 1.807) is 19.2 Å². The number of rotatable bonds is 11. The van der Waals surface area contributed by atoms with Crippen molar-refractivity contribution in [2.75, 3.05) is 13.7 Å². The van der Waals surface area contributed by atoms with E-state index in [4.69, 9.17) is 13.9 Å². The molecule has 0 bridgehead atoms. The molecule has 0 radical (unpaired) electrons. The molecule has 4 rings (SSSR count). The molecule has 7 heteroatoms. The van der Waals surface area contributed by atoms with Crippen molar-refractivity contribution in [2.45, 2.75) is 44.6 Å². The zero-order valence-electron chi connectivity index (χ0n) is 24.1. The number of aliphatic hydroxyl groups is 1. The minimum atomic E-state index is -2.90. The van der Waals surface area contributed by atoms with Gasteiger partial charge in [-0.1, -0.05) is 124 Å². The minimum Gasteiger partial charge on any atom is -0.497 e. The second kappa shape index (κ2) is 13.6. The molecule has 1 amide bonds. The van der Waals surface area contributed by atoms with Crippen molar-refractivity contribution in [2.24, 2.45) is 0 Å². The monoisotopic (exact) mass is 569 g/mol. The van der Waals surface area contributed by atoms with Gasteiger partial charge in [0.2, 0.25) is 0 Å². The maximum Gasteiger partial charge on any atom is 0.408 e. The number of carbonyl (C=O) groups excluding carboxylic acids is 1. The highest BCUT2D eigenvalue weighted by atomic mass is 28.4. The van der Waals surface area contributed by atoms with E-state index in [0.717, 1.165) is 15.9 Å². The van der Waals surface area contributed by atoms with Gasteiger partial charge in [0.05, 0.1) is 19.8 Å². The molecule has 4 aromatic rings. The van der Waals surface area contributed by atoms with E-state index in [-0.39, 0.29) is 18.3 Å². The number of amides is 1. The molecule has 0 aliphatic carbocycles. The van der Waals surface area contributed by atoms with Gasteiger partial charge < -0.3 is 24.3 Å². The fraction of sp³-hybridized carbons (Fsp3) is 0.265. The molecule has 2 atom stereocenters. The quantitative estimate of drug-likeness (QED) is 0.230. The molecule has 0 aromatic heterocycles. The molecular weight excluding hydrogens is 530 g/mol. The summed E-state index contributed by atoms with van der Waals surface area (Å²) in [5, 5.41) is 16.5. The van der Waals surface area contributed by atoms with Gasteiger partial charge in [-0.25, -0.2) is 4.79 Å². The Balaban J connectivity index is 1.62. The Morgan fingerprint density at radius 3 is 1.80 bits per heavy atom. The van der Waals surface area contributed by atoms with Crippen LogP contribution in [0.2, 0.25) is 5.04 Å². The predicted octanol–water partition coefficient (Wildman–Crippen LogP) is 5.60. The van der Waals surface area contributed by atoms with E-state index in [2.05, 4.69) is 50.4 Å². The van der Waals surface area contributed by atoms with Gasteiger partial charge >= 0.3 is 6.09 Å². The molecule has 4 aromatic carbocycles. The highest BCUT2D eigenvalue weighted by Crippen LogP contribution is 2.37. The Hall–Kier alpha value is -3.91.